The second kappa shape index (κ2) is 8.69. The van der Waals surface area contributed by atoms with Crippen LogP contribution in [0.15, 0.2) is 54.6 Å². The van der Waals surface area contributed by atoms with Gasteiger partial charge < -0.3 is 9.72 Å². The summed E-state index contributed by atoms with van der Waals surface area (Å²) in [6.45, 7) is 4.52. The lowest BCUT2D eigenvalue weighted by Gasteiger charge is -2.09. The van der Waals surface area contributed by atoms with Gasteiger partial charge in [0.25, 0.3) is 0 Å². The molecule has 1 aromatic heterocycles. The van der Waals surface area contributed by atoms with Gasteiger partial charge in [-0.1, -0.05) is 48.5 Å². The highest BCUT2D eigenvalue weighted by Crippen LogP contribution is 2.20. The number of carbonyl (C=O) groups excluding carboxylic acids is 3. The van der Waals surface area contributed by atoms with Crippen molar-refractivity contribution in [2.45, 2.75) is 27.2 Å². The number of ketones is 2. The first-order valence-electron chi connectivity index (χ1n) is 9.40. The molecule has 29 heavy (non-hydrogen) atoms. The van der Waals surface area contributed by atoms with Crippen molar-refractivity contribution < 1.29 is 19.1 Å². The quantitative estimate of drug-likeness (QED) is 0.478. The number of hydrogen-bond donors (Lipinski definition) is 1. The Morgan fingerprint density at radius 1 is 0.931 bits per heavy atom. The number of aromatic amines is 1. The molecule has 2 aromatic carbocycles. The molecule has 148 valence electrons. The maximum absolute atomic E-state index is 12.6. The van der Waals surface area contributed by atoms with Gasteiger partial charge in [-0.3, -0.25) is 9.59 Å². The van der Waals surface area contributed by atoms with Crippen LogP contribution >= 0.6 is 0 Å². The van der Waals surface area contributed by atoms with E-state index in [1.165, 1.54) is 6.92 Å². The zero-order valence-corrected chi connectivity index (χ0v) is 16.7. The first-order chi connectivity index (χ1) is 13.9. The van der Waals surface area contributed by atoms with E-state index in [0.29, 0.717) is 34.5 Å². The normalized spacial score (nSPS) is 10.6. The number of hydrogen-bond acceptors (Lipinski definition) is 4. The molecule has 0 aliphatic heterocycles. The lowest BCUT2D eigenvalue weighted by atomic mass is 10.00. The van der Waals surface area contributed by atoms with Crippen LogP contribution < -0.4 is 0 Å². The lowest BCUT2D eigenvalue weighted by molar-refractivity contribution is 0.0472. The van der Waals surface area contributed by atoms with Gasteiger partial charge in [-0.05, 0) is 49.9 Å². The van der Waals surface area contributed by atoms with Crippen LogP contribution in [0, 0.1) is 13.8 Å². The fourth-order valence-electron chi connectivity index (χ4n) is 3.53. The van der Waals surface area contributed by atoms with Crippen LogP contribution in [0.1, 0.15) is 60.5 Å². The monoisotopic (exact) mass is 389 g/mol. The first kappa shape index (κ1) is 20.3. The molecule has 3 rings (SSSR count). The average Bonchev–Trinajstić information content (AvgIpc) is 3.01. The van der Waals surface area contributed by atoms with Crippen molar-refractivity contribution in [3.05, 3.63) is 93.8 Å². The summed E-state index contributed by atoms with van der Waals surface area (Å²) in [7, 11) is 0. The molecule has 1 heterocycles. The Bertz CT molecular complexity index is 1060. The minimum Gasteiger partial charge on any atom is -0.454 e. The Kier molecular flexibility index (Phi) is 6.07. The zero-order chi connectivity index (χ0) is 21.0. The molecule has 0 fully saturated rings. The summed E-state index contributed by atoms with van der Waals surface area (Å²) in [5, 5.41) is 0. The van der Waals surface area contributed by atoms with E-state index in [2.05, 4.69) is 4.98 Å². The molecule has 0 atom stereocenters. The standard InChI is InChI=1S/C24H23NO4/c1-15-22(17(3)26)16(2)25-23(15)21(27)14-29-24(28)20-12-8-7-11-19(20)13-18-9-5-4-6-10-18/h4-12,25H,13-14H2,1-3H3. The van der Waals surface area contributed by atoms with E-state index in [1.54, 1.807) is 26.0 Å². The minimum absolute atomic E-state index is 0.109. The molecule has 5 heteroatoms. The van der Waals surface area contributed by atoms with Crippen LogP contribution in [0.4, 0.5) is 0 Å². The van der Waals surface area contributed by atoms with E-state index in [9.17, 15) is 14.4 Å². The Morgan fingerprint density at radius 2 is 1.59 bits per heavy atom. The summed E-state index contributed by atoms with van der Waals surface area (Å²) in [6.07, 6.45) is 0.594. The SMILES string of the molecule is CC(=O)c1c(C)[nH]c(C(=O)COC(=O)c2ccccc2Cc2ccccc2)c1C. The zero-order valence-electron chi connectivity index (χ0n) is 16.7. The van der Waals surface area contributed by atoms with Gasteiger partial charge in [-0.25, -0.2) is 4.79 Å². The molecular formula is C24H23NO4. The number of Topliss-reactive ketones (excluding diaryl/α,β-unsaturated/α-hetero) is 2. The molecule has 0 bridgehead atoms. The number of esters is 1. The topological polar surface area (TPSA) is 76.2 Å². The predicted octanol–water partition coefficient (Wildman–Crippen LogP) is 4.46. The van der Waals surface area contributed by atoms with E-state index in [0.717, 1.165) is 11.1 Å². The summed E-state index contributed by atoms with van der Waals surface area (Å²) in [5.41, 5.74) is 4.39. The Labute approximate surface area is 169 Å². The second-order valence-corrected chi connectivity index (χ2v) is 7.00. The Morgan fingerprint density at radius 3 is 2.24 bits per heavy atom. The molecule has 0 amide bonds. The van der Waals surface area contributed by atoms with E-state index in [1.807, 2.05) is 42.5 Å². The van der Waals surface area contributed by atoms with E-state index >= 15 is 0 Å². The molecule has 0 saturated heterocycles. The van der Waals surface area contributed by atoms with Crippen LogP contribution in [0.5, 0.6) is 0 Å². The Balaban J connectivity index is 1.73. The number of aryl methyl sites for hydroxylation is 1. The van der Waals surface area contributed by atoms with Gasteiger partial charge in [-0.2, -0.15) is 0 Å². The molecule has 0 aliphatic carbocycles. The van der Waals surface area contributed by atoms with Crippen molar-refractivity contribution in [2.24, 2.45) is 0 Å². The van der Waals surface area contributed by atoms with Gasteiger partial charge in [0.2, 0.25) is 5.78 Å². The number of H-pyrrole nitrogens is 1. The van der Waals surface area contributed by atoms with Crippen molar-refractivity contribution >= 4 is 17.5 Å². The van der Waals surface area contributed by atoms with Crippen molar-refractivity contribution in [3.8, 4) is 0 Å². The average molecular weight is 389 g/mol. The van der Waals surface area contributed by atoms with Crippen molar-refractivity contribution in [1.82, 2.24) is 4.98 Å². The van der Waals surface area contributed by atoms with Gasteiger partial charge in [0, 0.05) is 11.3 Å². The molecule has 1 N–H and O–H groups in total. The fraction of sp³-hybridized carbons (Fsp3) is 0.208. The van der Waals surface area contributed by atoms with Crippen molar-refractivity contribution in [2.75, 3.05) is 6.61 Å². The molecule has 0 saturated carbocycles. The lowest BCUT2D eigenvalue weighted by Crippen LogP contribution is -2.16. The summed E-state index contributed by atoms with van der Waals surface area (Å²) < 4.78 is 5.29. The van der Waals surface area contributed by atoms with Gasteiger partial charge >= 0.3 is 5.97 Å². The van der Waals surface area contributed by atoms with Gasteiger partial charge in [0.1, 0.15) is 0 Å². The van der Waals surface area contributed by atoms with E-state index in [4.69, 9.17) is 4.74 Å². The van der Waals surface area contributed by atoms with Crippen LogP contribution in [-0.4, -0.2) is 29.1 Å². The molecule has 5 nitrogen and oxygen atoms in total. The van der Waals surface area contributed by atoms with Crippen molar-refractivity contribution in [3.63, 3.8) is 0 Å². The number of nitrogens with one attached hydrogen (secondary N) is 1. The highest BCUT2D eigenvalue weighted by atomic mass is 16.5. The summed E-state index contributed by atoms with van der Waals surface area (Å²) in [5.74, 6) is -1.02. The summed E-state index contributed by atoms with van der Waals surface area (Å²) in [6, 6.07) is 17.0. The number of carbonyl (C=O) groups is 3. The molecular weight excluding hydrogens is 366 g/mol. The van der Waals surface area contributed by atoms with E-state index < -0.39 is 12.6 Å². The third-order valence-electron chi connectivity index (χ3n) is 4.88. The van der Waals surface area contributed by atoms with Gasteiger partial charge in [0.15, 0.2) is 12.4 Å². The first-order valence-corrected chi connectivity index (χ1v) is 9.40. The number of ether oxygens (including phenoxy) is 1. The van der Waals surface area contributed by atoms with Crippen LogP contribution in [0.25, 0.3) is 0 Å². The maximum atomic E-state index is 12.6. The third-order valence-corrected chi connectivity index (χ3v) is 4.88. The Hall–Kier alpha value is -3.47. The highest BCUT2D eigenvalue weighted by Gasteiger charge is 2.21. The molecule has 0 unspecified atom stereocenters. The van der Waals surface area contributed by atoms with Gasteiger partial charge in [0.05, 0.1) is 11.3 Å². The maximum Gasteiger partial charge on any atom is 0.338 e. The number of rotatable bonds is 7. The fourth-order valence-corrected chi connectivity index (χ4v) is 3.53. The third kappa shape index (κ3) is 4.51. The molecule has 0 radical (unpaired) electrons. The van der Waals surface area contributed by atoms with Crippen LogP contribution in [0.2, 0.25) is 0 Å². The number of aromatic nitrogens is 1. The van der Waals surface area contributed by atoms with E-state index in [-0.39, 0.29) is 11.6 Å². The number of benzene rings is 2. The summed E-state index contributed by atoms with van der Waals surface area (Å²) in [4.78, 5) is 39.8. The van der Waals surface area contributed by atoms with Crippen LogP contribution in [0.3, 0.4) is 0 Å². The van der Waals surface area contributed by atoms with Gasteiger partial charge in [-0.15, -0.1) is 0 Å². The largest absolute Gasteiger partial charge is 0.454 e. The minimum atomic E-state index is -0.544. The smallest absolute Gasteiger partial charge is 0.338 e. The second-order valence-electron chi connectivity index (χ2n) is 7.00. The summed E-state index contributed by atoms with van der Waals surface area (Å²) >= 11 is 0. The predicted molar refractivity (Wildman–Crippen MR) is 111 cm³/mol. The van der Waals surface area contributed by atoms with Crippen molar-refractivity contribution in [1.29, 1.82) is 0 Å². The molecule has 3 aromatic rings. The highest BCUT2D eigenvalue weighted by molar-refractivity contribution is 6.04. The molecule has 0 spiro atoms. The molecule has 0 aliphatic rings. The van der Waals surface area contributed by atoms with Crippen LogP contribution in [-0.2, 0) is 11.2 Å².